The van der Waals surface area contributed by atoms with E-state index < -0.39 is 12.2 Å². The van der Waals surface area contributed by atoms with Gasteiger partial charge in [-0.05, 0) is 25.5 Å². The van der Waals surface area contributed by atoms with Crippen molar-refractivity contribution in [3.05, 3.63) is 33.6 Å². The van der Waals surface area contributed by atoms with Gasteiger partial charge in [-0.1, -0.05) is 6.07 Å². The standard InChI is InChI=1S/C19H24N4O4/c1-9-5-11(10(2)24)15-12(6-9)17(25)22(3)18(20-15)23-7-13-14(8-23)16(13)21-19(26)27-4/h5-6,10,13-14,16,24H,7-8H2,1-4H3,(H,21,26)/t10?,13-,14+,16?. The first-order chi connectivity index (χ1) is 12.8. The van der Waals surface area contributed by atoms with Gasteiger partial charge in [0.25, 0.3) is 5.56 Å². The highest BCUT2D eigenvalue weighted by Crippen LogP contribution is 2.46. The molecule has 2 aliphatic rings. The Morgan fingerprint density at radius 2 is 2.04 bits per heavy atom. The number of nitrogens with one attached hydrogen (secondary N) is 1. The quantitative estimate of drug-likeness (QED) is 0.837. The van der Waals surface area contributed by atoms with Crippen LogP contribution in [0.2, 0.25) is 0 Å². The molecule has 1 aliphatic heterocycles. The number of amides is 1. The number of ether oxygens (including phenoxy) is 1. The van der Waals surface area contributed by atoms with E-state index in [0.717, 1.165) is 18.7 Å². The predicted molar refractivity (Wildman–Crippen MR) is 101 cm³/mol. The van der Waals surface area contributed by atoms with E-state index >= 15 is 0 Å². The Bertz CT molecular complexity index is 972. The lowest BCUT2D eigenvalue weighted by Crippen LogP contribution is -2.37. The van der Waals surface area contributed by atoms with Crippen LogP contribution < -0.4 is 15.8 Å². The average Bonchev–Trinajstić information content (AvgIpc) is 3.06. The van der Waals surface area contributed by atoms with Gasteiger partial charge in [0.1, 0.15) is 0 Å². The number of aliphatic hydroxyl groups is 1. The fourth-order valence-electron chi connectivity index (χ4n) is 4.24. The molecule has 1 saturated carbocycles. The second-order valence-corrected chi connectivity index (χ2v) is 7.60. The molecule has 2 aromatic rings. The summed E-state index contributed by atoms with van der Waals surface area (Å²) in [4.78, 5) is 31.1. The van der Waals surface area contributed by atoms with Crippen molar-refractivity contribution in [2.24, 2.45) is 18.9 Å². The second kappa shape index (κ2) is 6.23. The van der Waals surface area contributed by atoms with E-state index in [2.05, 4.69) is 15.0 Å². The van der Waals surface area contributed by atoms with Crippen LogP contribution in [0.3, 0.4) is 0 Å². The number of aryl methyl sites for hydroxylation is 1. The number of anilines is 1. The van der Waals surface area contributed by atoms with Crippen LogP contribution in [0.5, 0.6) is 0 Å². The zero-order valence-electron chi connectivity index (χ0n) is 15.9. The molecule has 1 aromatic heterocycles. The van der Waals surface area contributed by atoms with Gasteiger partial charge in [-0.2, -0.15) is 0 Å². The summed E-state index contributed by atoms with van der Waals surface area (Å²) in [6.07, 6.45) is -1.12. The molecular weight excluding hydrogens is 348 g/mol. The van der Waals surface area contributed by atoms with Gasteiger partial charge in [0.2, 0.25) is 5.95 Å². The molecule has 1 aliphatic carbocycles. The summed E-state index contributed by atoms with van der Waals surface area (Å²) in [7, 11) is 3.08. The van der Waals surface area contributed by atoms with Gasteiger partial charge in [-0.15, -0.1) is 0 Å². The van der Waals surface area contributed by atoms with Crippen LogP contribution in [-0.2, 0) is 11.8 Å². The minimum atomic E-state index is -0.708. The third kappa shape index (κ3) is 2.84. The van der Waals surface area contributed by atoms with Crippen molar-refractivity contribution in [3.63, 3.8) is 0 Å². The zero-order chi connectivity index (χ0) is 19.5. The normalized spacial score (nSPS) is 24.6. The Balaban J connectivity index is 1.67. The summed E-state index contributed by atoms with van der Waals surface area (Å²) in [6, 6.07) is 3.82. The first kappa shape index (κ1) is 17.8. The Morgan fingerprint density at radius 1 is 1.37 bits per heavy atom. The predicted octanol–water partition coefficient (Wildman–Crippen LogP) is 1.09. The summed E-state index contributed by atoms with van der Waals surface area (Å²) >= 11 is 0. The number of piperidine rings is 1. The van der Waals surface area contributed by atoms with E-state index in [1.165, 1.54) is 7.11 Å². The van der Waals surface area contributed by atoms with Crippen molar-refractivity contribution >= 4 is 22.9 Å². The maximum atomic E-state index is 12.9. The average molecular weight is 372 g/mol. The van der Waals surface area contributed by atoms with Crippen molar-refractivity contribution in [3.8, 4) is 0 Å². The minimum absolute atomic E-state index is 0.120. The van der Waals surface area contributed by atoms with Gasteiger partial charge in [0.15, 0.2) is 0 Å². The maximum Gasteiger partial charge on any atom is 0.407 e. The van der Waals surface area contributed by atoms with Crippen LogP contribution in [0.25, 0.3) is 10.9 Å². The number of benzene rings is 1. The number of alkyl carbamates (subject to hydrolysis) is 1. The van der Waals surface area contributed by atoms with Crippen LogP contribution in [0, 0.1) is 18.8 Å². The van der Waals surface area contributed by atoms with Crippen LogP contribution in [-0.4, -0.2) is 47.0 Å². The highest BCUT2D eigenvalue weighted by Gasteiger charge is 2.57. The van der Waals surface area contributed by atoms with E-state index in [9.17, 15) is 14.7 Å². The Labute approximate surface area is 156 Å². The third-order valence-corrected chi connectivity index (χ3v) is 5.73. The van der Waals surface area contributed by atoms with Gasteiger partial charge in [-0.25, -0.2) is 9.78 Å². The molecule has 0 radical (unpaired) electrons. The highest BCUT2D eigenvalue weighted by atomic mass is 16.5. The van der Waals surface area contributed by atoms with Gasteiger partial charge >= 0.3 is 6.09 Å². The molecule has 2 heterocycles. The third-order valence-electron chi connectivity index (χ3n) is 5.73. The maximum absolute atomic E-state index is 12.9. The van der Waals surface area contributed by atoms with Crippen molar-refractivity contribution < 1.29 is 14.6 Å². The molecule has 144 valence electrons. The fraction of sp³-hybridized carbons (Fsp3) is 0.526. The van der Waals surface area contributed by atoms with Crippen LogP contribution in [0.4, 0.5) is 10.7 Å². The number of rotatable bonds is 3. The summed E-state index contributed by atoms with van der Waals surface area (Å²) in [6.45, 7) is 5.03. The number of hydrogen-bond acceptors (Lipinski definition) is 6. The largest absolute Gasteiger partial charge is 0.453 e. The molecular formula is C19H24N4O4. The number of hydrogen-bond donors (Lipinski definition) is 2. The topological polar surface area (TPSA) is 96.7 Å². The first-order valence-corrected chi connectivity index (χ1v) is 9.10. The summed E-state index contributed by atoms with van der Waals surface area (Å²) in [5, 5.41) is 13.5. The number of aliphatic hydroxyl groups excluding tert-OH is 1. The lowest BCUT2D eigenvalue weighted by atomic mass is 10.0. The Hall–Kier alpha value is -2.61. The van der Waals surface area contributed by atoms with Crippen LogP contribution >= 0.6 is 0 Å². The Morgan fingerprint density at radius 3 is 2.63 bits per heavy atom. The zero-order valence-corrected chi connectivity index (χ0v) is 15.9. The van der Waals surface area contributed by atoms with Crippen molar-refractivity contribution in [1.82, 2.24) is 14.9 Å². The lowest BCUT2D eigenvalue weighted by molar-refractivity contribution is 0.169. The molecule has 0 bridgehead atoms. The van der Waals surface area contributed by atoms with Crippen molar-refractivity contribution in [2.45, 2.75) is 26.0 Å². The van der Waals surface area contributed by atoms with E-state index in [4.69, 9.17) is 4.98 Å². The summed E-state index contributed by atoms with van der Waals surface area (Å²) in [5.74, 6) is 1.28. The molecule has 1 aromatic carbocycles. The SMILES string of the molecule is COC(=O)NC1[C@H]2CN(c3nc4c(C(C)O)cc(C)cc4c(=O)n3C)C[C@@H]12. The van der Waals surface area contributed by atoms with Gasteiger partial charge in [0, 0.05) is 43.6 Å². The molecule has 8 nitrogen and oxygen atoms in total. The number of carbonyl (C=O) groups excluding carboxylic acids is 1. The van der Waals surface area contributed by atoms with Crippen LogP contribution in [0.1, 0.15) is 24.2 Å². The van der Waals surface area contributed by atoms with Gasteiger partial charge < -0.3 is 20.1 Å². The molecule has 4 atom stereocenters. The van der Waals surface area contributed by atoms with E-state index in [1.54, 1.807) is 18.5 Å². The first-order valence-electron chi connectivity index (χ1n) is 9.10. The second-order valence-electron chi connectivity index (χ2n) is 7.60. The van der Waals surface area contributed by atoms with E-state index in [-0.39, 0.29) is 11.6 Å². The molecule has 27 heavy (non-hydrogen) atoms. The summed E-state index contributed by atoms with van der Waals surface area (Å²) in [5.41, 5.74) is 2.02. The molecule has 4 rings (SSSR count). The fourth-order valence-corrected chi connectivity index (χ4v) is 4.24. The highest BCUT2D eigenvalue weighted by molar-refractivity contribution is 5.83. The molecule has 2 N–H and O–H groups in total. The number of nitrogens with zero attached hydrogens (tertiary/aromatic N) is 3. The molecule has 0 spiro atoms. The minimum Gasteiger partial charge on any atom is -0.453 e. The van der Waals surface area contributed by atoms with Gasteiger partial charge in [-0.3, -0.25) is 9.36 Å². The molecule has 2 fully saturated rings. The van der Waals surface area contributed by atoms with Crippen molar-refractivity contribution in [1.29, 1.82) is 0 Å². The number of aromatic nitrogens is 2. The number of fused-ring (bicyclic) bond motifs is 2. The van der Waals surface area contributed by atoms with Gasteiger partial charge in [0.05, 0.1) is 24.1 Å². The monoisotopic (exact) mass is 372 g/mol. The summed E-state index contributed by atoms with van der Waals surface area (Å²) < 4.78 is 6.23. The lowest BCUT2D eigenvalue weighted by Gasteiger charge is -2.24. The molecule has 1 amide bonds. The molecule has 8 heteroatoms. The Kier molecular flexibility index (Phi) is 4.10. The van der Waals surface area contributed by atoms with E-state index in [1.807, 2.05) is 19.1 Å². The molecule has 2 unspecified atom stereocenters. The smallest absolute Gasteiger partial charge is 0.407 e. The molecule has 1 saturated heterocycles. The van der Waals surface area contributed by atoms with Crippen molar-refractivity contribution in [2.75, 3.05) is 25.1 Å². The number of carbonyl (C=O) groups is 1. The van der Waals surface area contributed by atoms with E-state index in [0.29, 0.717) is 34.3 Å². The van der Waals surface area contributed by atoms with Crippen LogP contribution in [0.15, 0.2) is 16.9 Å². The number of methoxy groups -OCH3 is 1.